The van der Waals surface area contributed by atoms with E-state index >= 15 is 0 Å². The number of anilines is 1. The molecule has 17 heavy (non-hydrogen) atoms. The molecule has 2 atom stereocenters. The average Bonchev–Trinajstić information content (AvgIpc) is 2.58. The fraction of sp³-hybridized carbons (Fsp3) is 0.786. The summed E-state index contributed by atoms with van der Waals surface area (Å²) in [6, 6.07) is 0. The van der Waals surface area contributed by atoms with Gasteiger partial charge in [-0.25, -0.2) is 4.98 Å². The Morgan fingerprint density at radius 1 is 1.41 bits per heavy atom. The minimum Gasteiger partial charge on any atom is -0.384 e. The highest BCUT2D eigenvalue weighted by molar-refractivity contribution is 5.40. The highest BCUT2D eigenvalue weighted by Gasteiger charge is 2.25. The second kappa shape index (κ2) is 5.11. The Labute approximate surface area is 104 Å². The Balaban J connectivity index is 2.22. The molecule has 1 aliphatic rings. The zero-order valence-electron chi connectivity index (χ0n) is 11.4. The van der Waals surface area contributed by atoms with Crippen LogP contribution in [0.3, 0.4) is 0 Å². The second-order valence-electron chi connectivity index (χ2n) is 5.58. The van der Waals surface area contributed by atoms with Gasteiger partial charge in [0.1, 0.15) is 11.6 Å². The van der Waals surface area contributed by atoms with E-state index in [-0.39, 0.29) is 0 Å². The lowest BCUT2D eigenvalue weighted by Gasteiger charge is -2.25. The van der Waals surface area contributed by atoms with Gasteiger partial charge in [-0.05, 0) is 25.2 Å². The van der Waals surface area contributed by atoms with E-state index in [0.29, 0.717) is 5.92 Å². The molecule has 96 valence electrons. The van der Waals surface area contributed by atoms with Crippen molar-refractivity contribution < 1.29 is 0 Å². The number of aryl methyl sites for hydroxylation is 1. The van der Waals surface area contributed by atoms with E-state index in [1.807, 2.05) is 7.05 Å². The van der Waals surface area contributed by atoms with Gasteiger partial charge in [0.2, 0.25) is 0 Å². The maximum atomic E-state index is 6.21. The number of hydrogen-bond acceptors (Lipinski definition) is 2. The number of nitrogens with zero attached hydrogens (tertiary/aromatic N) is 2. The molecule has 2 unspecified atom stereocenters. The Bertz CT molecular complexity index is 381. The first-order valence-corrected chi connectivity index (χ1v) is 6.94. The van der Waals surface area contributed by atoms with Crippen molar-refractivity contribution >= 4 is 5.82 Å². The fourth-order valence-corrected chi connectivity index (χ4v) is 3.01. The number of nitrogens with two attached hydrogens (primary N) is 1. The molecular formula is C14H25N3. The molecule has 0 aromatic carbocycles. The van der Waals surface area contributed by atoms with Gasteiger partial charge in [0.15, 0.2) is 0 Å². The molecule has 2 rings (SSSR count). The lowest BCUT2D eigenvalue weighted by atomic mass is 9.81. The van der Waals surface area contributed by atoms with E-state index in [4.69, 9.17) is 10.7 Å². The molecular weight excluding hydrogens is 210 g/mol. The SMILES string of the molecule is CCCc1nc(C2CCCC(C)C2)c(N)n1C. The zero-order valence-corrected chi connectivity index (χ0v) is 11.4. The molecule has 0 aliphatic heterocycles. The molecule has 0 saturated heterocycles. The van der Waals surface area contributed by atoms with Gasteiger partial charge in [0.05, 0.1) is 5.69 Å². The van der Waals surface area contributed by atoms with E-state index in [1.165, 1.54) is 31.4 Å². The van der Waals surface area contributed by atoms with E-state index in [2.05, 4.69) is 18.4 Å². The van der Waals surface area contributed by atoms with E-state index in [0.717, 1.165) is 30.4 Å². The van der Waals surface area contributed by atoms with Gasteiger partial charge in [-0.3, -0.25) is 0 Å². The number of nitrogen functional groups attached to an aromatic ring is 1. The number of aromatic nitrogens is 2. The third-order valence-corrected chi connectivity index (χ3v) is 4.06. The van der Waals surface area contributed by atoms with Crippen molar-refractivity contribution in [2.75, 3.05) is 5.73 Å². The Kier molecular flexibility index (Phi) is 3.75. The summed E-state index contributed by atoms with van der Waals surface area (Å²) in [4.78, 5) is 4.80. The average molecular weight is 235 g/mol. The van der Waals surface area contributed by atoms with E-state index in [1.54, 1.807) is 0 Å². The molecule has 1 heterocycles. The van der Waals surface area contributed by atoms with Crippen LogP contribution in [0.2, 0.25) is 0 Å². The van der Waals surface area contributed by atoms with Crippen LogP contribution in [0.1, 0.15) is 63.4 Å². The van der Waals surface area contributed by atoms with Crippen LogP contribution in [0.15, 0.2) is 0 Å². The third kappa shape index (κ3) is 2.48. The first-order chi connectivity index (χ1) is 8.13. The molecule has 1 fully saturated rings. The molecule has 3 heteroatoms. The maximum Gasteiger partial charge on any atom is 0.126 e. The summed E-state index contributed by atoms with van der Waals surface area (Å²) in [5.41, 5.74) is 7.38. The standard InChI is InChI=1S/C14H25N3/c1-4-6-12-16-13(14(15)17(12)3)11-8-5-7-10(2)9-11/h10-11H,4-9,15H2,1-3H3. The van der Waals surface area contributed by atoms with Gasteiger partial charge < -0.3 is 10.3 Å². The van der Waals surface area contributed by atoms with Crippen LogP contribution >= 0.6 is 0 Å². The monoisotopic (exact) mass is 235 g/mol. The molecule has 1 saturated carbocycles. The van der Waals surface area contributed by atoms with Gasteiger partial charge in [-0.15, -0.1) is 0 Å². The Hall–Kier alpha value is -0.990. The quantitative estimate of drug-likeness (QED) is 0.874. The highest BCUT2D eigenvalue weighted by Crippen LogP contribution is 2.37. The predicted octanol–water partition coefficient (Wildman–Crippen LogP) is 3.25. The van der Waals surface area contributed by atoms with Crippen LogP contribution in [0.5, 0.6) is 0 Å². The normalized spacial score (nSPS) is 25.1. The van der Waals surface area contributed by atoms with Crippen LogP contribution < -0.4 is 5.73 Å². The van der Waals surface area contributed by atoms with Crippen LogP contribution in [0.25, 0.3) is 0 Å². The smallest absolute Gasteiger partial charge is 0.126 e. The fourth-order valence-electron chi connectivity index (χ4n) is 3.01. The van der Waals surface area contributed by atoms with Gasteiger partial charge in [-0.1, -0.05) is 26.7 Å². The first kappa shape index (κ1) is 12.5. The number of imidazole rings is 1. The maximum absolute atomic E-state index is 6.21. The van der Waals surface area contributed by atoms with Crippen molar-refractivity contribution in [2.24, 2.45) is 13.0 Å². The summed E-state index contributed by atoms with van der Waals surface area (Å²) in [5.74, 6) is 3.46. The zero-order chi connectivity index (χ0) is 12.4. The summed E-state index contributed by atoms with van der Waals surface area (Å²) >= 11 is 0. The van der Waals surface area contributed by atoms with Crippen molar-refractivity contribution in [2.45, 2.75) is 58.3 Å². The number of hydrogen-bond donors (Lipinski definition) is 1. The molecule has 0 bridgehead atoms. The first-order valence-electron chi connectivity index (χ1n) is 6.94. The molecule has 0 spiro atoms. The minimum absolute atomic E-state index is 0.593. The summed E-state index contributed by atoms with van der Waals surface area (Å²) < 4.78 is 2.08. The largest absolute Gasteiger partial charge is 0.384 e. The molecule has 1 aromatic rings. The highest BCUT2D eigenvalue weighted by atomic mass is 15.1. The molecule has 0 amide bonds. The van der Waals surface area contributed by atoms with Gasteiger partial charge >= 0.3 is 0 Å². The molecule has 2 N–H and O–H groups in total. The third-order valence-electron chi connectivity index (χ3n) is 4.06. The summed E-state index contributed by atoms with van der Waals surface area (Å²) in [5, 5.41) is 0. The van der Waals surface area contributed by atoms with Crippen molar-refractivity contribution in [3.63, 3.8) is 0 Å². The van der Waals surface area contributed by atoms with Gasteiger partial charge in [-0.2, -0.15) is 0 Å². The van der Waals surface area contributed by atoms with Crippen molar-refractivity contribution in [1.29, 1.82) is 0 Å². The van der Waals surface area contributed by atoms with Crippen LogP contribution in [-0.2, 0) is 13.5 Å². The second-order valence-corrected chi connectivity index (χ2v) is 5.58. The molecule has 3 nitrogen and oxygen atoms in total. The lowest BCUT2D eigenvalue weighted by Crippen LogP contribution is -2.13. The summed E-state index contributed by atoms with van der Waals surface area (Å²) in [6.07, 6.45) is 7.37. The van der Waals surface area contributed by atoms with Crippen molar-refractivity contribution in [3.05, 3.63) is 11.5 Å². The van der Waals surface area contributed by atoms with Crippen molar-refractivity contribution in [3.8, 4) is 0 Å². The van der Waals surface area contributed by atoms with Gasteiger partial charge in [0, 0.05) is 19.4 Å². The van der Waals surface area contributed by atoms with E-state index in [9.17, 15) is 0 Å². The molecule has 1 aromatic heterocycles. The van der Waals surface area contributed by atoms with Crippen LogP contribution in [0, 0.1) is 5.92 Å². The van der Waals surface area contributed by atoms with Gasteiger partial charge in [0.25, 0.3) is 0 Å². The molecule has 0 radical (unpaired) electrons. The van der Waals surface area contributed by atoms with E-state index < -0.39 is 0 Å². The Morgan fingerprint density at radius 3 is 2.82 bits per heavy atom. The molecule has 1 aliphatic carbocycles. The summed E-state index contributed by atoms with van der Waals surface area (Å²) in [6.45, 7) is 4.53. The number of rotatable bonds is 3. The van der Waals surface area contributed by atoms with Crippen LogP contribution in [0.4, 0.5) is 5.82 Å². The summed E-state index contributed by atoms with van der Waals surface area (Å²) in [7, 11) is 2.04. The topological polar surface area (TPSA) is 43.8 Å². The van der Waals surface area contributed by atoms with Crippen LogP contribution in [-0.4, -0.2) is 9.55 Å². The minimum atomic E-state index is 0.593. The Morgan fingerprint density at radius 2 is 2.18 bits per heavy atom. The lowest BCUT2D eigenvalue weighted by molar-refractivity contribution is 0.341. The van der Waals surface area contributed by atoms with Crippen molar-refractivity contribution in [1.82, 2.24) is 9.55 Å². The predicted molar refractivity (Wildman–Crippen MR) is 72.0 cm³/mol.